The van der Waals surface area contributed by atoms with Gasteiger partial charge in [-0.15, -0.1) is 0 Å². The van der Waals surface area contributed by atoms with Gasteiger partial charge in [0.1, 0.15) is 0 Å². The number of benzene rings is 1. The molecule has 0 atom stereocenters. The first-order valence-electron chi connectivity index (χ1n) is 8.63. The summed E-state index contributed by atoms with van der Waals surface area (Å²) in [6.07, 6.45) is 3.24. The van der Waals surface area contributed by atoms with Gasteiger partial charge < -0.3 is 10.3 Å². The number of amides is 1. The Balaban J connectivity index is 1.95. The van der Waals surface area contributed by atoms with Gasteiger partial charge in [-0.2, -0.15) is 0 Å². The number of carbonyl (C=O) groups excluding carboxylic acids is 1. The van der Waals surface area contributed by atoms with Crippen molar-refractivity contribution in [2.24, 2.45) is 0 Å². The molecule has 0 radical (unpaired) electrons. The smallest absolute Gasteiger partial charge is 0.255 e. The van der Waals surface area contributed by atoms with Crippen LogP contribution in [-0.4, -0.2) is 22.4 Å². The fourth-order valence-corrected chi connectivity index (χ4v) is 3.28. The lowest BCUT2D eigenvalue weighted by Gasteiger charge is -2.08. The molecule has 0 aliphatic carbocycles. The summed E-state index contributed by atoms with van der Waals surface area (Å²) in [5.41, 5.74) is 2.00. The Kier molecular flexibility index (Phi) is 7.73. The van der Waals surface area contributed by atoms with E-state index >= 15 is 0 Å². The molecule has 0 unspecified atom stereocenters. The highest BCUT2D eigenvalue weighted by Crippen LogP contribution is 2.18. The van der Waals surface area contributed by atoms with Gasteiger partial charge in [0.25, 0.3) is 5.56 Å². The van der Waals surface area contributed by atoms with Gasteiger partial charge in [0, 0.05) is 23.6 Å². The summed E-state index contributed by atoms with van der Waals surface area (Å²) in [4.78, 5) is 31.5. The van der Waals surface area contributed by atoms with E-state index in [4.69, 9.17) is 0 Å². The van der Waals surface area contributed by atoms with Crippen LogP contribution in [0.15, 0.2) is 40.3 Å². The van der Waals surface area contributed by atoms with Gasteiger partial charge >= 0.3 is 0 Å². The van der Waals surface area contributed by atoms with E-state index in [9.17, 15) is 9.59 Å². The molecule has 25 heavy (non-hydrogen) atoms. The predicted molar refractivity (Wildman–Crippen MR) is 102 cm³/mol. The molecule has 0 saturated carbocycles. The average Bonchev–Trinajstić information content (AvgIpc) is 2.61. The number of nitrogens with one attached hydrogen (secondary N) is 2. The van der Waals surface area contributed by atoms with Gasteiger partial charge in [0.05, 0.1) is 6.42 Å². The van der Waals surface area contributed by atoms with Crippen molar-refractivity contribution < 1.29 is 4.79 Å². The summed E-state index contributed by atoms with van der Waals surface area (Å²) in [5, 5.41) is 3.44. The number of hydrogen-bond acceptors (Lipinski definition) is 4. The Bertz CT molecular complexity index is 744. The second kappa shape index (κ2) is 10.0. The van der Waals surface area contributed by atoms with Crippen LogP contribution in [0.1, 0.15) is 43.0 Å². The van der Waals surface area contributed by atoms with Crippen LogP contribution in [-0.2, 0) is 17.0 Å². The molecule has 0 saturated heterocycles. The second-order valence-electron chi connectivity index (χ2n) is 5.94. The summed E-state index contributed by atoms with van der Waals surface area (Å²) >= 11 is 1.48. The summed E-state index contributed by atoms with van der Waals surface area (Å²) in [6.45, 7) is 4.55. The standard InChI is InChI=1S/C19H25N3O2S/c1-3-4-8-11-20-17(23)12-16-14(2)21-19(22-18(16)24)25-13-15-9-6-5-7-10-15/h5-7,9-10H,3-4,8,11-13H2,1-2H3,(H,20,23)(H,21,22,24). The quantitative estimate of drug-likeness (QED) is 0.409. The molecule has 0 fully saturated rings. The highest BCUT2D eigenvalue weighted by molar-refractivity contribution is 7.98. The maximum atomic E-state index is 12.3. The molecule has 5 nitrogen and oxygen atoms in total. The maximum absolute atomic E-state index is 12.3. The van der Waals surface area contributed by atoms with Crippen molar-refractivity contribution in [1.29, 1.82) is 0 Å². The van der Waals surface area contributed by atoms with Crippen molar-refractivity contribution in [3.8, 4) is 0 Å². The number of thioether (sulfide) groups is 1. The van der Waals surface area contributed by atoms with Crippen LogP contribution < -0.4 is 10.9 Å². The Morgan fingerprint density at radius 3 is 2.68 bits per heavy atom. The van der Waals surface area contributed by atoms with Gasteiger partial charge in [-0.05, 0) is 18.9 Å². The molecule has 134 valence electrons. The molecule has 6 heteroatoms. The highest BCUT2D eigenvalue weighted by Gasteiger charge is 2.12. The first kappa shape index (κ1) is 19.2. The van der Waals surface area contributed by atoms with Crippen LogP contribution in [0, 0.1) is 6.92 Å². The maximum Gasteiger partial charge on any atom is 0.255 e. The zero-order valence-corrected chi connectivity index (χ0v) is 15.6. The van der Waals surface area contributed by atoms with Crippen LogP contribution in [0.2, 0.25) is 0 Å². The van der Waals surface area contributed by atoms with E-state index in [2.05, 4.69) is 22.2 Å². The topological polar surface area (TPSA) is 74.8 Å². The van der Waals surface area contributed by atoms with Crippen LogP contribution in [0.5, 0.6) is 0 Å². The molecule has 1 heterocycles. The number of aromatic amines is 1. The van der Waals surface area contributed by atoms with Crippen molar-refractivity contribution >= 4 is 17.7 Å². The lowest BCUT2D eigenvalue weighted by atomic mass is 10.1. The minimum absolute atomic E-state index is 0.0733. The van der Waals surface area contributed by atoms with E-state index in [1.165, 1.54) is 17.3 Å². The molecule has 2 rings (SSSR count). The lowest BCUT2D eigenvalue weighted by Crippen LogP contribution is -2.29. The molecule has 1 aromatic carbocycles. The second-order valence-corrected chi connectivity index (χ2v) is 6.91. The molecule has 0 aliphatic rings. The lowest BCUT2D eigenvalue weighted by molar-refractivity contribution is -0.120. The third-order valence-electron chi connectivity index (χ3n) is 3.86. The molecule has 0 spiro atoms. The van der Waals surface area contributed by atoms with Crippen molar-refractivity contribution in [2.75, 3.05) is 6.54 Å². The summed E-state index contributed by atoms with van der Waals surface area (Å²) in [5.74, 6) is 0.608. The van der Waals surface area contributed by atoms with Crippen molar-refractivity contribution in [3.63, 3.8) is 0 Å². The van der Waals surface area contributed by atoms with E-state index < -0.39 is 0 Å². The van der Waals surface area contributed by atoms with Gasteiger partial charge in [0.2, 0.25) is 5.91 Å². The SMILES string of the molecule is CCCCCNC(=O)Cc1c(C)nc(SCc2ccccc2)[nH]c1=O. The number of unbranched alkanes of at least 4 members (excludes halogenated alkanes) is 2. The molecule has 2 aromatic rings. The van der Waals surface area contributed by atoms with Gasteiger partial charge in [-0.3, -0.25) is 9.59 Å². The van der Waals surface area contributed by atoms with E-state index in [0.717, 1.165) is 25.0 Å². The summed E-state index contributed by atoms with van der Waals surface area (Å²) in [7, 11) is 0. The van der Waals surface area contributed by atoms with Gasteiger partial charge in [0.15, 0.2) is 5.16 Å². The largest absolute Gasteiger partial charge is 0.356 e. The van der Waals surface area contributed by atoms with Gasteiger partial charge in [-0.1, -0.05) is 61.9 Å². The Labute approximate surface area is 152 Å². The Morgan fingerprint density at radius 2 is 2.00 bits per heavy atom. The molecule has 1 amide bonds. The average molecular weight is 359 g/mol. The summed E-state index contributed by atoms with van der Waals surface area (Å²) in [6, 6.07) is 10.0. The minimum atomic E-state index is -0.230. The van der Waals surface area contributed by atoms with Crippen LogP contribution in [0.3, 0.4) is 0 Å². The molecule has 0 bridgehead atoms. The van der Waals surface area contributed by atoms with Crippen LogP contribution in [0.25, 0.3) is 0 Å². The fourth-order valence-electron chi connectivity index (χ4n) is 2.41. The molecular weight excluding hydrogens is 334 g/mol. The van der Waals surface area contributed by atoms with E-state index in [1.807, 2.05) is 30.3 Å². The molecular formula is C19H25N3O2S. The first-order chi connectivity index (χ1) is 12.1. The van der Waals surface area contributed by atoms with Crippen LogP contribution in [0.4, 0.5) is 0 Å². The number of aryl methyl sites for hydroxylation is 1. The van der Waals surface area contributed by atoms with E-state index in [0.29, 0.717) is 23.0 Å². The summed E-state index contributed by atoms with van der Waals surface area (Å²) < 4.78 is 0. The Hall–Kier alpha value is -2.08. The number of rotatable bonds is 9. The normalized spacial score (nSPS) is 10.6. The first-order valence-corrected chi connectivity index (χ1v) is 9.62. The molecule has 1 aromatic heterocycles. The third kappa shape index (κ3) is 6.38. The molecule has 0 aliphatic heterocycles. The zero-order chi connectivity index (χ0) is 18.1. The predicted octanol–water partition coefficient (Wildman–Crippen LogP) is 3.22. The van der Waals surface area contributed by atoms with Crippen molar-refractivity contribution in [1.82, 2.24) is 15.3 Å². The van der Waals surface area contributed by atoms with E-state index in [-0.39, 0.29) is 17.9 Å². The monoisotopic (exact) mass is 359 g/mol. The fraction of sp³-hybridized carbons (Fsp3) is 0.421. The highest BCUT2D eigenvalue weighted by atomic mass is 32.2. The van der Waals surface area contributed by atoms with Crippen molar-refractivity contribution in [2.45, 2.75) is 50.4 Å². The number of carbonyl (C=O) groups is 1. The Morgan fingerprint density at radius 1 is 1.24 bits per heavy atom. The number of aromatic nitrogens is 2. The van der Waals surface area contributed by atoms with Gasteiger partial charge in [-0.25, -0.2) is 4.98 Å². The minimum Gasteiger partial charge on any atom is -0.356 e. The van der Waals surface area contributed by atoms with Crippen molar-refractivity contribution in [3.05, 3.63) is 57.5 Å². The number of hydrogen-bond donors (Lipinski definition) is 2. The zero-order valence-electron chi connectivity index (χ0n) is 14.8. The van der Waals surface area contributed by atoms with E-state index in [1.54, 1.807) is 6.92 Å². The molecule has 2 N–H and O–H groups in total. The van der Waals surface area contributed by atoms with Crippen LogP contribution >= 0.6 is 11.8 Å². The number of H-pyrrole nitrogens is 1. The number of nitrogens with zero attached hydrogens (tertiary/aromatic N) is 1. The third-order valence-corrected chi connectivity index (χ3v) is 4.80.